The fourth-order valence-electron chi connectivity index (χ4n) is 3.31. The monoisotopic (exact) mass is 421 g/mol. The van der Waals surface area contributed by atoms with Crippen LogP contribution in [0.15, 0.2) is 23.0 Å². The van der Waals surface area contributed by atoms with E-state index in [2.05, 4.69) is 20.6 Å². The predicted molar refractivity (Wildman–Crippen MR) is 104 cm³/mol. The van der Waals surface area contributed by atoms with Crippen molar-refractivity contribution in [2.45, 2.75) is 12.3 Å². The van der Waals surface area contributed by atoms with E-state index in [1.807, 2.05) is 4.90 Å². The number of nitrogens with one attached hydrogen (secondary N) is 3. The number of hydrogen-bond acceptors (Lipinski definition) is 6. The van der Waals surface area contributed by atoms with Gasteiger partial charge in [-0.15, -0.1) is 0 Å². The van der Waals surface area contributed by atoms with Crippen LogP contribution in [0.25, 0.3) is 0 Å². The second-order valence-electron chi connectivity index (χ2n) is 6.67. The number of rotatable bonds is 3. The molecule has 0 spiro atoms. The lowest BCUT2D eigenvalue weighted by Crippen LogP contribution is -2.41. The Labute approximate surface area is 169 Å². The number of aromatic amines is 1. The number of morpholine rings is 1. The SMILES string of the molecule is O=C1CC(C(=O)Nc2ccc(F)c(Cl)c2)c2c(nc(N3CCOCC3)[nH]c2=O)N1. The van der Waals surface area contributed by atoms with Gasteiger partial charge in [-0.25, -0.2) is 4.39 Å². The van der Waals surface area contributed by atoms with Crippen LogP contribution in [0.3, 0.4) is 0 Å². The number of ether oxygens (including phenoxy) is 1. The maximum absolute atomic E-state index is 13.3. The zero-order valence-electron chi connectivity index (χ0n) is 15.1. The zero-order chi connectivity index (χ0) is 20.5. The van der Waals surface area contributed by atoms with Crippen molar-refractivity contribution in [1.29, 1.82) is 0 Å². The van der Waals surface area contributed by atoms with Gasteiger partial charge in [-0.1, -0.05) is 11.6 Å². The van der Waals surface area contributed by atoms with E-state index in [0.29, 0.717) is 32.3 Å². The molecule has 9 nitrogen and oxygen atoms in total. The minimum absolute atomic E-state index is 0.0591. The zero-order valence-corrected chi connectivity index (χ0v) is 15.9. The molecule has 1 aromatic carbocycles. The van der Waals surface area contributed by atoms with Gasteiger partial charge in [-0.3, -0.25) is 19.4 Å². The van der Waals surface area contributed by atoms with Gasteiger partial charge in [0, 0.05) is 25.2 Å². The molecule has 1 unspecified atom stereocenters. The minimum Gasteiger partial charge on any atom is -0.378 e. The van der Waals surface area contributed by atoms with E-state index in [4.69, 9.17) is 16.3 Å². The van der Waals surface area contributed by atoms with Gasteiger partial charge < -0.3 is 20.3 Å². The standard InChI is InChI=1S/C18H17ClFN5O4/c19-11-7-9(1-2-12(11)20)21-16(27)10-8-13(26)22-15-14(10)17(28)24-18(23-15)25-3-5-29-6-4-25/h1-2,7,10H,3-6,8H2,(H,21,27)(H2,22,23,24,26,28). The smallest absolute Gasteiger partial charge is 0.258 e. The lowest BCUT2D eigenvalue weighted by molar-refractivity contribution is -0.123. The number of benzene rings is 1. The third-order valence-corrected chi connectivity index (χ3v) is 5.04. The number of fused-ring (bicyclic) bond motifs is 1. The first-order valence-electron chi connectivity index (χ1n) is 8.95. The second kappa shape index (κ2) is 7.80. The first-order chi connectivity index (χ1) is 13.9. The largest absolute Gasteiger partial charge is 0.378 e. The third kappa shape index (κ3) is 3.94. The Morgan fingerprint density at radius 3 is 2.79 bits per heavy atom. The molecule has 2 aliphatic heterocycles. The molecule has 2 amide bonds. The molecule has 0 aliphatic carbocycles. The van der Waals surface area contributed by atoms with Crippen molar-refractivity contribution in [2.75, 3.05) is 41.8 Å². The molecule has 11 heteroatoms. The van der Waals surface area contributed by atoms with E-state index in [1.54, 1.807) is 0 Å². The van der Waals surface area contributed by atoms with Crippen molar-refractivity contribution in [3.63, 3.8) is 0 Å². The van der Waals surface area contributed by atoms with Crippen molar-refractivity contribution < 1.29 is 18.7 Å². The molecule has 29 heavy (non-hydrogen) atoms. The van der Waals surface area contributed by atoms with Gasteiger partial charge in [-0.2, -0.15) is 4.98 Å². The minimum atomic E-state index is -1.04. The van der Waals surface area contributed by atoms with Gasteiger partial charge in [0.2, 0.25) is 17.8 Å². The highest BCUT2D eigenvalue weighted by Crippen LogP contribution is 2.30. The maximum Gasteiger partial charge on any atom is 0.258 e. The van der Waals surface area contributed by atoms with E-state index in [9.17, 15) is 18.8 Å². The Kier molecular flexibility index (Phi) is 5.20. The molecule has 3 N–H and O–H groups in total. The average molecular weight is 422 g/mol. The topological polar surface area (TPSA) is 116 Å². The highest BCUT2D eigenvalue weighted by Gasteiger charge is 2.35. The Balaban J connectivity index is 1.64. The number of amides is 2. The molecule has 2 aromatic rings. The summed E-state index contributed by atoms with van der Waals surface area (Å²) in [7, 11) is 0. The quantitative estimate of drug-likeness (QED) is 0.691. The van der Waals surface area contributed by atoms with Crippen LogP contribution >= 0.6 is 11.6 Å². The highest BCUT2D eigenvalue weighted by molar-refractivity contribution is 6.31. The summed E-state index contributed by atoms with van der Waals surface area (Å²) < 4.78 is 18.6. The fraction of sp³-hybridized carbons (Fsp3) is 0.333. The molecule has 0 saturated carbocycles. The first-order valence-corrected chi connectivity index (χ1v) is 9.33. The van der Waals surface area contributed by atoms with Crippen molar-refractivity contribution >= 4 is 40.9 Å². The molecule has 1 aromatic heterocycles. The molecule has 0 bridgehead atoms. The van der Waals surface area contributed by atoms with Crippen molar-refractivity contribution in [2.24, 2.45) is 0 Å². The number of carbonyl (C=O) groups excluding carboxylic acids is 2. The summed E-state index contributed by atoms with van der Waals surface area (Å²) in [5.74, 6) is -2.32. The van der Waals surface area contributed by atoms with Crippen LogP contribution in [-0.4, -0.2) is 48.1 Å². The summed E-state index contributed by atoms with van der Waals surface area (Å²) in [4.78, 5) is 46.5. The summed E-state index contributed by atoms with van der Waals surface area (Å²) in [6.07, 6.45) is -0.213. The summed E-state index contributed by atoms with van der Waals surface area (Å²) in [6, 6.07) is 3.71. The van der Waals surface area contributed by atoms with Crippen LogP contribution < -0.4 is 21.1 Å². The average Bonchev–Trinajstić information content (AvgIpc) is 2.70. The molecular formula is C18H17ClFN5O4. The normalized spacial score (nSPS) is 18.8. The van der Waals surface area contributed by atoms with E-state index < -0.39 is 29.1 Å². The van der Waals surface area contributed by atoms with Crippen LogP contribution in [0.5, 0.6) is 0 Å². The lowest BCUT2D eigenvalue weighted by Gasteiger charge is -2.29. The molecule has 3 heterocycles. The molecular weight excluding hydrogens is 405 g/mol. The van der Waals surface area contributed by atoms with Gasteiger partial charge in [0.25, 0.3) is 5.56 Å². The number of carbonyl (C=O) groups is 2. The molecule has 4 rings (SSSR count). The Morgan fingerprint density at radius 1 is 1.31 bits per heavy atom. The van der Waals surface area contributed by atoms with Crippen LogP contribution in [0, 0.1) is 5.82 Å². The summed E-state index contributed by atoms with van der Waals surface area (Å²) in [5.41, 5.74) is -0.177. The van der Waals surface area contributed by atoms with Crippen LogP contribution in [0.2, 0.25) is 5.02 Å². The van der Waals surface area contributed by atoms with Crippen LogP contribution in [0.4, 0.5) is 21.8 Å². The molecule has 1 fully saturated rings. The number of H-pyrrole nitrogens is 1. The number of hydrogen-bond donors (Lipinski definition) is 3. The number of halogens is 2. The van der Waals surface area contributed by atoms with E-state index in [1.165, 1.54) is 12.1 Å². The second-order valence-corrected chi connectivity index (χ2v) is 7.08. The van der Waals surface area contributed by atoms with Gasteiger partial charge in [0.15, 0.2) is 0 Å². The van der Waals surface area contributed by atoms with Crippen molar-refractivity contribution in [3.05, 3.63) is 45.0 Å². The first kappa shape index (κ1) is 19.3. The molecule has 0 radical (unpaired) electrons. The highest BCUT2D eigenvalue weighted by atomic mass is 35.5. The lowest BCUT2D eigenvalue weighted by atomic mass is 9.92. The number of anilines is 3. The fourth-order valence-corrected chi connectivity index (χ4v) is 3.49. The summed E-state index contributed by atoms with van der Waals surface area (Å²) >= 11 is 5.73. The van der Waals surface area contributed by atoms with Crippen LogP contribution in [0.1, 0.15) is 17.9 Å². The van der Waals surface area contributed by atoms with E-state index in [0.717, 1.165) is 6.07 Å². The van der Waals surface area contributed by atoms with E-state index >= 15 is 0 Å². The van der Waals surface area contributed by atoms with Crippen molar-refractivity contribution in [1.82, 2.24) is 9.97 Å². The van der Waals surface area contributed by atoms with Crippen LogP contribution in [-0.2, 0) is 14.3 Å². The molecule has 1 atom stereocenters. The molecule has 1 saturated heterocycles. The Hall–Kier alpha value is -2.98. The maximum atomic E-state index is 13.3. The van der Waals surface area contributed by atoms with Gasteiger partial charge in [0.05, 0.1) is 29.7 Å². The number of nitrogens with zero attached hydrogens (tertiary/aromatic N) is 2. The van der Waals surface area contributed by atoms with Crippen molar-refractivity contribution in [3.8, 4) is 0 Å². The Bertz CT molecular complexity index is 1040. The van der Waals surface area contributed by atoms with E-state index in [-0.39, 0.29) is 28.5 Å². The molecule has 152 valence electrons. The summed E-state index contributed by atoms with van der Waals surface area (Å²) in [5, 5.41) is 4.98. The van der Waals surface area contributed by atoms with Gasteiger partial charge >= 0.3 is 0 Å². The number of aromatic nitrogens is 2. The Morgan fingerprint density at radius 2 is 2.07 bits per heavy atom. The van der Waals surface area contributed by atoms with Gasteiger partial charge in [0.1, 0.15) is 11.6 Å². The molecule has 2 aliphatic rings. The summed E-state index contributed by atoms with van der Waals surface area (Å²) in [6.45, 7) is 2.09. The predicted octanol–water partition coefficient (Wildman–Crippen LogP) is 1.46. The third-order valence-electron chi connectivity index (χ3n) is 4.75. The van der Waals surface area contributed by atoms with Gasteiger partial charge in [-0.05, 0) is 18.2 Å².